The van der Waals surface area contributed by atoms with Crippen molar-refractivity contribution >= 4 is 43.9 Å². The smallest absolute Gasteiger partial charge is 0.147 e. The second-order valence-electron chi connectivity index (χ2n) is 9.73. The van der Waals surface area contributed by atoms with Crippen LogP contribution < -0.4 is 0 Å². The van der Waals surface area contributed by atoms with Gasteiger partial charge in [-0.1, -0.05) is 103 Å². The molecule has 0 fully saturated rings. The Hall–Kier alpha value is -5.08. The lowest BCUT2D eigenvalue weighted by Gasteiger charge is -2.09. The van der Waals surface area contributed by atoms with E-state index in [1.54, 1.807) is 0 Å². The largest absolute Gasteiger partial charge is 0.456 e. The first kappa shape index (κ1) is 21.0. The monoisotopic (exact) mass is 486 g/mol. The number of para-hydroxylation sites is 2. The SMILES string of the molecule is c1ccc(-c2cccc(-c3cccc(-c4cccc5c4oc4c5ccc5oc6ccccc6c54)c3)c2)cc1. The molecule has 0 bridgehead atoms. The van der Waals surface area contributed by atoms with Gasteiger partial charge >= 0.3 is 0 Å². The predicted molar refractivity (Wildman–Crippen MR) is 157 cm³/mol. The molecule has 0 aliphatic rings. The van der Waals surface area contributed by atoms with Crippen LogP contribution in [0.2, 0.25) is 0 Å². The van der Waals surface area contributed by atoms with Gasteiger partial charge in [-0.3, -0.25) is 0 Å². The van der Waals surface area contributed by atoms with Crippen LogP contribution in [-0.2, 0) is 0 Å². The quantitative estimate of drug-likeness (QED) is 0.248. The van der Waals surface area contributed by atoms with Gasteiger partial charge in [-0.05, 0) is 58.1 Å². The number of fused-ring (bicyclic) bond motifs is 7. The van der Waals surface area contributed by atoms with E-state index in [-0.39, 0.29) is 0 Å². The van der Waals surface area contributed by atoms with Crippen molar-refractivity contribution in [2.24, 2.45) is 0 Å². The van der Waals surface area contributed by atoms with Crippen LogP contribution in [0.4, 0.5) is 0 Å². The lowest BCUT2D eigenvalue weighted by atomic mass is 9.95. The van der Waals surface area contributed by atoms with Crippen LogP contribution in [0.3, 0.4) is 0 Å². The Labute approximate surface area is 219 Å². The molecule has 178 valence electrons. The first-order chi connectivity index (χ1) is 18.8. The van der Waals surface area contributed by atoms with E-state index < -0.39 is 0 Å². The summed E-state index contributed by atoms with van der Waals surface area (Å²) in [5.41, 5.74) is 10.5. The molecule has 0 unspecified atom stereocenters. The highest BCUT2D eigenvalue weighted by Gasteiger charge is 2.18. The third-order valence-electron chi connectivity index (χ3n) is 7.48. The third kappa shape index (κ3) is 3.21. The highest BCUT2D eigenvalue weighted by molar-refractivity contribution is 6.23. The fourth-order valence-corrected chi connectivity index (χ4v) is 5.67. The van der Waals surface area contributed by atoms with E-state index in [2.05, 4.69) is 115 Å². The molecule has 8 rings (SSSR count). The second-order valence-corrected chi connectivity index (χ2v) is 9.73. The van der Waals surface area contributed by atoms with E-state index >= 15 is 0 Å². The lowest BCUT2D eigenvalue weighted by Crippen LogP contribution is -1.84. The molecular formula is C36H22O2. The highest BCUT2D eigenvalue weighted by Crippen LogP contribution is 2.42. The minimum Gasteiger partial charge on any atom is -0.456 e. The van der Waals surface area contributed by atoms with Gasteiger partial charge in [-0.15, -0.1) is 0 Å². The van der Waals surface area contributed by atoms with Crippen LogP contribution in [0, 0.1) is 0 Å². The van der Waals surface area contributed by atoms with Crippen molar-refractivity contribution in [3.63, 3.8) is 0 Å². The number of hydrogen-bond acceptors (Lipinski definition) is 2. The molecule has 2 heterocycles. The van der Waals surface area contributed by atoms with E-state index in [0.29, 0.717) is 0 Å². The molecule has 2 nitrogen and oxygen atoms in total. The fourth-order valence-electron chi connectivity index (χ4n) is 5.67. The summed E-state index contributed by atoms with van der Waals surface area (Å²) in [5, 5.41) is 4.33. The molecule has 0 aliphatic heterocycles. The van der Waals surface area contributed by atoms with Crippen molar-refractivity contribution < 1.29 is 8.83 Å². The van der Waals surface area contributed by atoms with Crippen LogP contribution in [-0.4, -0.2) is 0 Å². The Bertz CT molecular complexity index is 2130. The van der Waals surface area contributed by atoms with Crippen molar-refractivity contribution in [2.75, 3.05) is 0 Å². The Morgan fingerprint density at radius 1 is 0.342 bits per heavy atom. The Kier molecular flexibility index (Phi) is 4.55. The van der Waals surface area contributed by atoms with Crippen molar-refractivity contribution in [3.05, 3.63) is 133 Å². The van der Waals surface area contributed by atoms with Crippen molar-refractivity contribution in [2.45, 2.75) is 0 Å². The average Bonchev–Trinajstić information content (AvgIpc) is 3.56. The van der Waals surface area contributed by atoms with E-state index in [1.807, 2.05) is 18.2 Å². The van der Waals surface area contributed by atoms with Gasteiger partial charge in [0.2, 0.25) is 0 Å². The summed E-state index contributed by atoms with van der Waals surface area (Å²) in [6.07, 6.45) is 0. The van der Waals surface area contributed by atoms with Gasteiger partial charge in [0.1, 0.15) is 22.3 Å². The summed E-state index contributed by atoms with van der Waals surface area (Å²) >= 11 is 0. The highest BCUT2D eigenvalue weighted by atomic mass is 16.3. The molecule has 6 aromatic carbocycles. The van der Waals surface area contributed by atoms with Crippen molar-refractivity contribution in [3.8, 4) is 33.4 Å². The zero-order valence-electron chi connectivity index (χ0n) is 20.5. The van der Waals surface area contributed by atoms with E-state index in [1.165, 1.54) is 22.3 Å². The van der Waals surface area contributed by atoms with Gasteiger partial charge in [0, 0.05) is 21.7 Å². The van der Waals surface area contributed by atoms with Crippen molar-refractivity contribution in [1.29, 1.82) is 0 Å². The molecule has 0 aliphatic carbocycles. The Morgan fingerprint density at radius 3 is 1.79 bits per heavy atom. The van der Waals surface area contributed by atoms with Crippen LogP contribution in [0.15, 0.2) is 142 Å². The summed E-state index contributed by atoms with van der Waals surface area (Å²) in [5.74, 6) is 0. The van der Waals surface area contributed by atoms with Gasteiger partial charge in [0.15, 0.2) is 0 Å². The van der Waals surface area contributed by atoms with Crippen LogP contribution >= 0.6 is 0 Å². The van der Waals surface area contributed by atoms with Gasteiger partial charge in [-0.2, -0.15) is 0 Å². The van der Waals surface area contributed by atoms with Crippen LogP contribution in [0.1, 0.15) is 0 Å². The van der Waals surface area contributed by atoms with Gasteiger partial charge in [0.05, 0.1) is 5.39 Å². The average molecular weight is 487 g/mol. The molecule has 0 saturated carbocycles. The molecule has 2 heteroatoms. The summed E-state index contributed by atoms with van der Waals surface area (Å²) in [7, 11) is 0. The maximum absolute atomic E-state index is 6.68. The summed E-state index contributed by atoms with van der Waals surface area (Å²) in [6.45, 7) is 0. The van der Waals surface area contributed by atoms with Gasteiger partial charge in [-0.25, -0.2) is 0 Å². The molecule has 0 amide bonds. The van der Waals surface area contributed by atoms with Crippen molar-refractivity contribution in [1.82, 2.24) is 0 Å². The Morgan fingerprint density at radius 2 is 0.947 bits per heavy atom. The minimum atomic E-state index is 0.847. The maximum Gasteiger partial charge on any atom is 0.147 e. The molecule has 38 heavy (non-hydrogen) atoms. The Balaban J connectivity index is 1.31. The summed E-state index contributed by atoms with van der Waals surface area (Å²) in [4.78, 5) is 0. The molecule has 0 atom stereocenters. The zero-order valence-corrected chi connectivity index (χ0v) is 20.5. The maximum atomic E-state index is 6.68. The second kappa shape index (κ2) is 8.22. The van der Waals surface area contributed by atoms with Crippen LogP contribution in [0.5, 0.6) is 0 Å². The van der Waals surface area contributed by atoms with Gasteiger partial charge in [0.25, 0.3) is 0 Å². The molecule has 8 aromatic rings. The predicted octanol–water partition coefficient (Wildman–Crippen LogP) is 10.5. The number of hydrogen-bond donors (Lipinski definition) is 0. The standard InChI is InChI=1S/C36H22O2/c1-2-9-23(10-3-1)24-11-6-12-25(21-24)26-13-7-14-27(22-26)28-16-8-17-29-30-19-20-33-34(36(30)38-35(28)29)31-15-4-5-18-32(31)37-33/h1-22H. The number of furan rings is 2. The zero-order chi connectivity index (χ0) is 25.1. The molecule has 0 N–H and O–H groups in total. The first-order valence-electron chi connectivity index (χ1n) is 12.9. The number of benzene rings is 6. The van der Waals surface area contributed by atoms with E-state index in [0.717, 1.165) is 55.0 Å². The molecular weight excluding hydrogens is 464 g/mol. The lowest BCUT2D eigenvalue weighted by molar-refractivity contribution is 0.663. The van der Waals surface area contributed by atoms with E-state index in [9.17, 15) is 0 Å². The molecule has 2 aromatic heterocycles. The minimum absolute atomic E-state index is 0.847. The molecule has 0 saturated heterocycles. The van der Waals surface area contributed by atoms with E-state index in [4.69, 9.17) is 8.83 Å². The molecule has 0 radical (unpaired) electrons. The topological polar surface area (TPSA) is 26.3 Å². The summed E-state index contributed by atoms with van der Waals surface area (Å²) < 4.78 is 12.8. The van der Waals surface area contributed by atoms with Crippen LogP contribution in [0.25, 0.3) is 77.3 Å². The number of rotatable bonds is 3. The summed E-state index contributed by atoms with van der Waals surface area (Å²) in [6, 6.07) is 46.7. The fraction of sp³-hybridized carbons (Fsp3) is 0. The normalized spacial score (nSPS) is 11.7. The molecule has 0 spiro atoms. The third-order valence-corrected chi connectivity index (χ3v) is 7.48. The van der Waals surface area contributed by atoms with Gasteiger partial charge < -0.3 is 8.83 Å². The first-order valence-corrected chi connectivity index (χ1v) is 12.9.